The van der Waals surface area contributed by atoms with E-state index in [-0.39, 0.29) is 0 Å². The SMILES string of the molecule is O=S(=O)(O)Cc1cc(Cl)ccc1Br. The highest BCUT2D eigenvalue weighted by Gasteiger charge is 2.09. The smallest absolute Gasteiger partial charge is 0.269 e. The number of rotatable bonds is 2. The molecule has 1 aromatic carbocycles. The van der Waals surface area contributed by atoms with Gasteiger partial charge in [-0.2, -0.15) is 8.42 Å². The van der Waals surface area contributed by atoms with Crippen LogP contribution >= 0.6 is 27.5 Å². The number of halogens is 2. The second-order valence-corrected chi connectivity index (χ2v) is 5.21. The highest BCUT2D eigenvalue weighted by atomic mass is 79.9. The summed E-state index contributed by atoms with van der Waals surface area (Å²) < 4.78 is 30.3. The van der Waals surface area contributed by atoms with Gasteiger partial charge in [0.2, 0.25) is 0 Å². The summed E-state index contributed by atoms with van der Waals surface area (Å²) in [5, 5.41) is 0.432. The summed E-state index contributed by atoms with van der Waals surface area (Å²) in [4.78, 5) is 0. The minimum Gasteiger partial charge on any atom is -0.285 e. The minimum absolute atomic E-state index is 0.432. The highest BCUT2D eigenvalue weighted by Crippen LogP contribution is 2.22. The zero-order valence-electron chi connectivity index (χ0n) is 6.37. The largest absolute Gasteiger partial charge is 0.285 e. The Bertz CT molecular complexity index is 416. The Morgan fingerprint density at radius 2 is 2.08 bits per heavy atom. The van der Waals surface area contributed by atoms with Gasteiger partial charge in [-0.25, -0.2) is 0 Å². The Labute approximate surface area is 89.6 Å². The summed E-state index contributed by atoms with van der Waals surface area (Å²) in [6.07, 6.45) is 0. The van der Waals surface area contributed by atoms with Crippen molar-refractivity contribution in [1.29, 1.82) is 0 Å². The summed E-state index contributed by atoms with van der Waals surface area (Å²) in [6.45, 7) is 0. The van der Waals surface area contributed by atoms with E-state index in [0.717, 1.165) is 0 Å². The summed E-state index contributed by atoms with van der Waals surface area (Å²) in [6, 6.07) is 4.74. The fourth-order valence-electron chi connectivity index (χ4n) is 0.850. The molecule has 0 saturated carbocycles. The lowest BCUT2D eigenvalue weighted by atomic mass is 10.2. The molecule has 6 heteroatoms. The van der Waals surface area contributed by atoms with Gasteiger partial charge in [0.05, 0.1) is 0 Å². The average Bonchev–Trinajstić information content (AvgIpc) is 1.94. The van der Waals surface area contributed by atoms with Gasteiger partial charge in [-0.1, -0.05) is 27.5 Å². The molecule has 1 aromatic rings. The van der Waals surface area contributed by atoms with Crippen LogP contribution in [0.5, 0.6) is 0 Å². The molecule has 13 heavy (non-hydrogen) atoms. The van der Waals surface area contributed by atoms with Gasteiger partial charge in [-0.3, -0.25) is 4.55 Å². The van der Waals surface area contributed by atoms with Crippen molar-refractivity contribution in [1.82, 2.24) is 0 Å². The average molecular weight is 286 g/mol. The van der Waals surface area contributed by atoms with Crippen molar-refractivity contribution < 1.29 is 13.0 Å². The molecule has 3 nitrogen and oxygen atoms in total. The third-order valence-electron chi connectivity index (χ3n) is 1.35. The predicted molar refractivity (Wildman–Crippen MR) is 54.4 cm³/mol. The van der Waals surface area contributed by atoms with Gasteiger partial charge >= 0.3 is 0 Å². The normalized spacial score (nSPS) is 11.6. The van der Waals surface area contributed by atoms with Crippen LogP contribution in [-0.4, -0.2) is 13.0 Å². The van der Waals surface area contributed by atoms with Gasteiger partial charge in [0.1, 0.15) is 5.75 Å². The van der Waals surface area contributed by atoms with Gasteiger partial charge in [-0.05, 0) is 23.8 Å². The van der Waals surface area contributed by atoms with Crippen molar-refractivity contribution in [2.24, 2.45) is 0 Å². The van der Waals surface area contributed by atoms with Crippen molar-refractivity contribution in [3.05, 3.63) is 33.3 Å². The van der Waals surface area contributed by atoms with Crippen molar-refractivity contribution in [2.75, 3.05) is 0 Å². The number of benzene rings is 1. The molecule has 0 aliphatic rings. The van der Waals surface area contributed by atoms with Crippen molar-refractivity contribution in [2.45, 2.75) is 5.75 Å². The fourth-order valence-corrected chi connectivity index (χ4v) is 2.25. The molecule has 0 aromatic heterocycles. The first-order valence-electron chi connectivity index (χ1n) is 3.27. The van der Waals surface area contributed by atoms with E-state index >= 15 is 0 Å². The van der Waals surface area contributed by atoms with E-state index in [1.807, 2.05) is 0 Å². The third-order valence-corrected chi connectivity index (χ3v) is 3.03. The standard InChI is InChI=1S/C7H6BrClO3S/c8-7-2-1-6(9)3-5(7)4-13(10,11)12/h1-3H,4H2,(H,10,11,12). The molecule has 0 saturated heterocycles. The van der Waals surface area contributed by atoms with E-state index in [0.29, 0.717) is 15.1 Å². The first-order chi connectivity index (χ1) is 5.88. The monoisotopic (exact) mass is 284 g/mol. The fraction of sp³-hybridized carbons (Fsp3) is 0.143. The van der Waals surface area contributed by atoms with Gasteiger partial charge < -0.3 is 0 Å². The second-order valence-electron chi connectivity index (χ2n) is 2.46. The van der Waals surface area contributed by atoms with Crippen LogP contribution in [0, 0.1) is 0 Å². The molecule has 0 heterocycles. The molecular weight excluding hydrogens is 279 g/mol. The molecule has 0 fully saturated rings. The Balaban J connectivity index is 3.08. The van der Waals surface area contributed by atoms with Crippen molar-refractivity contribution in [3.63, 3.8) is 0 Å². The zero-order chi connectivity index (χ0) is 10.1. The second kappa shape index (κ2) is 3.96. The van der Waals surface area contributed by atoms with Crippen LogP contribution in [0.25, 0.3) is 0 Å². The summed E-state index contributed by atoms with van der Waals surface area (Å²) in [5.41, 5.74) is 0.440. The van der Waals surface area contributed by atoms with Gasteiger partial charge in [0.25, 0.3) is 10.1 Å². The van der Waals surface area contributed by atoms with Gasteiger partial charge in [0, 0.05) is 9.50 Å². The zero-order valence-corrected chi connectivity index (χ0v) is 9.53. The van der Waals surface area contributed by atoms with Crippen LogP contribution in [-0.2, 0) is 15.9 Å². The third kappa shape index (κ3) is 3.64. The van der Waals surface area contributed by atoms with Gasteiger partial charge in [-0.15, -0.1) is 0 Å². The van der Waals surface area contributed by atoms with E-state index in [4.69, 9.17) is 16.2 Å². The first kappa shape index (κ1) is 11.0. The highest BCUT2D eigenvalue weighted by molar-refractivity contribution is 9.10. The topological polar surface area (TPSA) is 54.4 Å². The molecule has 1 rings (SSSR count). The maximum absolute atomic E-state index is 10.6. The Morgan fingerprint density at radius 3 is 2.62 bits per heavy atom. The van der Waals surface area contributed by atoms with Crippen LogP contribution < -0.4 is 0 Å². The van der Waals surface area contributed by atoms with E-state index in [1.54, 1.807) is 12.1 Å². The minimum atomic E-state index is -4.01. The number of hydrogen-bond donors (Lipinski definition) is 1. The molecule has 0 radical (unpaired) electrons. The molecule has 0 aliphatic carbocycles. The summed E-state index contributed by atoms with van der Waals surface area (Å²) in [5.74, 6) is -0.436. The van der Waals surface area contributed by atoms with E-state index in [1.165, 1.54) is 6.07 Å². The Kier molecular flexibility index (Phi) is 3.34. The summed E-state index contributed by atoms with van der Waals surface area (Å²) in [7, 11) is -4.01. The molecule has 0 bridgehead atoms. The van der Waals surface area contributed by atoms with Crippen molar-refractivity contribution in [3.8, 4) is 0 Å². The van der Waals surface area contributed by atoms with E-state index in [2.05, 4.69) is 15.9 Å². The Hall–Kier alpha value is -0.100. The lowest BCUT2D eigenvalue weighted by Crippen LogP contribution is -2.02. The molecule has 0 aliphatic heterocycles. The maximum Gasteiger partial charge on any atom is 0.269 e. The molecule has 0 atom stereocenters. The lowest BCUT2D eigenvalue weighted by Gasteiger charge is -2.02. The van der Waals surface area contributed by atoms with Crippen LogP contribution in [0.3, 0.4) is 0 Å². The summed E-state index contributed by atoms with van der Waals surface area (Å²) >= 11 is 8.80. The molecule has 72 valence electrons. The van der Waals surface area contributed by atoms with Gasteiger partial charge in [0.15, 0.2) is 0 Å². The van der Waals surface area contributed by atoms with Crippen molar-refractivity contribution >= 4 is 37.6 Å². The lowest BCUT2D eigenvalue weighted by molar-refractivity contribution is 0.482. The first-order valence-corrected chi connectivity index (χ1v) is 6.05. The number of hydrogen-bond acceptors (Lipinski definition) is 2. The van der Waals surface area contributed by atoms with Crippen LogP contribution in [0.15, 0.2) is 22.7 Å². The maximum atomic E-state index is 10.6. The Morgan fingerprint density at radius 1 is 1.46 bits per heavy atom. The van der Waals surface area contributed by atoms with E-state index in [9.17, 15) is 8.42 Å². The molecule has 0 amide bonds. The predicted octanol–water partition coefficient (Wildman–Crippen LogP) is 2.49. The molecule has 0 unspecified atom stereocenters. The van der Waals surface area contributed by atoms with E-state index < -0.39 is 15.9 Å². The quantitative estimate of drug-likeness (QED) is 0.849. The van der Waals surface area contributed by atoms with Crippen LogP contribution in [0.2, 0.25) is 5.02 Å². The molecular formula is C7H6BrClO3S. The molecule has 0 spiro atoms. The van der Waals surface area contributed by atoms with Crippen LogP contribution in [0.1, 0.15) is 5.56 Å². The molecule has 1 N–H and O–H groups in total. The van der Waals surface area contributed by atoms with Crippen LogP contribution in [0.4, 0.5) is 0 Å².